The van der Waals surface area contributed by atoms with E-state index >= 15 is 0 Å². The van der Waals surface area contributed by atoms with Crippen molar-refractivity contribution in [1.29, 1.82) is 5.26 Å². The highest BCUT2D eigenvalue weighted by Crippen LogP contribution is 2.17. The Balaban J connectivity index is 2.19. The Kier molecular flexibility index (Phi) is 2.38. The lowest BCUT2D eigenvalue weighted by Crippen LogP contribution is -2.51. The molecule has 1 aromatic rings. The number of nitriles is 1. The second kappa shape index (κ2) is 3.69. The lowest BCUT2D eigenvalue weighted by Gasteiger charge is -2.29. The molecular formula is C11H13N3. The molecule has 0 saturated carbocycles. The SMILES string of the molecule is Cc1ccc(NC2CNC2)c(C#N)c1. The highest BCUT2D eigenvalue weighted by atomic mass is 15.1. The maximum Gasteiger partial charge on any atom is 0.101 e. The summed E-state index contributed by atoms with van der Waals surface area (Å²) >= 11 is 0. The van der Waals surface area contributed by atoms with Gasteiger partial charge in [-0.3, -0.25) is 0 Å². The summed E-state index contributed by atoms with van der Waals surface area (Å²) in [7, 11) is 0. The zero-order valence-corrected chi connectivity index (χ0v) is 8.17. The van der Waals surface area contributed by atoms with E-state index in [1.165, 1.54) is 0 Å². The molecule has 0 aliphatic carbocycles. The molecule has 0 amide bonds. The molecule has 1 fully saturated rings. The molecule has 3 heteroatoms. The van der Waals surface area contributed by atoms with Crippen LogP contribution in [-0.2, 0) is 0 Å². The third-order valence-corrected chi connectivity index (χ3v) is 2.44. The van der Waals surface area contributed by atoms with Gasteiger partial charge in [-0.2, -0.15) is 5.26 Å². The molecule has 1 aromatic carbocycles. The number of nitrogens with zero attached hydrogens (tertiary/aromatic N) is 1. The lowest BCUT2D eigenvalue weighted by molar-refractivity contribution is 0.472. The van der Waals surface area contributed by atoms with E-state index in [0.29, 0.717) is 6.04 Å². The number of nitrogens with one attached hydrogen (secondary N) is 2. The summed E-state index contributed by atoms with van der Waals surface area (Å²) in [6, 6.07) is 8.60. The third kappa shape index (κ3) is 1.70. The van der Waals surface area contributed by atoms with Gasteiger partial charge in [0, 0.05) is 13.1 Å². The zero-order valence-electron chi connectivity index (χ0n) is 8.17. The highest BCUT2D eigenvalue weighted by Gasteiger charge is 2.17. The van der Waals surface area contributed by atoms with Gasteiger partial charge in [0.1, 0.15) is 6.07 Å². The van der Waals surface area contributed by atoms with E-state index in [1.807, 2.05) is 25.1 Å². The molecule has 0 spiro atoms. The molecule has 0 atom stereocenters. The van der Waals surface area contributed by atoms with Gasteiger partial charge in [0.2, 0.25) is 0 Å². The van der Waals surface area contributed by atoms with E-state index in [-0.39, 0.29) is 0 Å². The predicted molar refractivity (Wildman–Crippen MR) is 56.2 cm³/mol. The van der Waals surface area contributed by atoms with Crippen LogP contribution in [0, 0.1) is 18.3 Å². The molecule has 1 saturated heterocycles. The van der Waals surface area contributed by atoms with Crippen LogP contribution >= 0.6 is 0 Å². The normalized spacial score (nSPS) is 15.7. The molecule has 0 aromatic heterocycles. The fourth-order valence-electron chi connectivity index (χ4n) is 1.49. The summed E-state index contributed by atoms with van der Waals surface area (Å²) < 4.78 is 0. The summed E-state index contributed by atoms with van der Waals surface area (Å²) in [6.07, 6.45) is 0. The van der Waals surface area contributed by atoms with Crippen LogP contribution in [0.2, 0.25) is 0 Å². The molecule has 2 N–H and O–H groups in total. The minimum Gasteiger partial charge on any atom is -0.379 e. The standard InChI is InChI=1S/C11H13N3/c1-8-2-3-11(9(4-8)5-12)14-10-6-13-7-10/h2-4,10,13-14H,6-7H2,1H3. The van der Waals surface area contributed by atoms with Crippen molar-refractivity contribution in [2.45, 2.75) is 13.0 Å². The Morgan fingerprint density at radius 3 is 2.86 bits per heavy atom. The fourth-order valence-corrected chi connectivity index (χ4v) is 1.49. The molecule has 1 aliphatic heterocycles. The van der Waals surface area contributed by atoms with E-state index in [9.17, 15) is 0 Å². The number of hydrogen-bond donors (Lipinski definition) is 2. The average molecular weight is 187 g/mol. The Hall–Kier alpha value is -1.53. The molecule has 1 aliphatic rings. The van der Waals surface area contributed by atoms with Gasteiger partial charge >= 0.3 is 0 Å². The van der Waals surface area contributed by atoms with Crippen LogP contribution in [0.3, 0.4) is 0 Å². The Morgan fingerprint density at radius 1 is 1.50 bits per heavy atom. The molecule has 0 radical (unpaired) electrons. The van der Waals surface area contributed by atoms with Gasteiger partial charge < -0.3 is 10.6 Å². The zero-order chi connectivity index (χ0) is 9.97. The van der Waals surface area contributed by atoms with Gasteiger partial charge in [0.25, 0.3) is 0 Å². The van der Waals surface area contributed by atoms with Crippen LogP contribution in [0.25, 0.3) is 0 Å². The largest absolute Gasteiger partial charge is 0.379 e. The highest BCUT2D eigenvalue weighted by molar-refractivity contribution is 5.59. The smallest absolute Gasteiger partial charge is 0.101 e. The topological polar surface area (TPSA) is 47.8 Å². The molecule has 14 heavy (non-hydrogen) atoms. The van der Waals surface area contributed by atoms with Crippen molar-refractivity contribution in [3.8, 4) is 6.07 Å². The van der Waals surface area contributed by atoms with E-state index in [0.717, 1.165) is 29.9 Å². The molecule has 0 unspecified atom stereocenters. The molecular weight excluding hydrogens is 174 g/mol. The van der Waals surface area contributed by atoms with Crippen molar-refractivity contribution < 1.29 is 0 Å². The van der Waals surface area contributed by atoms with E-state index in [4.69, 9.17) is 5.26 Å². The van der Waals surface area contributed by atoms with Crippen molar-refractivity contribution >= 4 is 5.69 Å². The lowest BCUT2D eigenvalue weighted by atomic mass is 10.1. The van der Waals surface area contributed by atoms with Gasteiger partial charge in [-0.15, -0.1) is 0 Å². The summed E-state index contributed by atoms with van der Waals surface area (Å²) in [6.45, 7) is 3.97. The van der Waals surface area contributed by atoms with E-state index in [1.54, 1.807) is 0 Å². The quantitative estimate of drug-likeness (QED) is 0.732. The first-order valence-electron chi connectivity index (χ1n) is 4.77. The van der Waals surface area contributed by atoms with E-state index in [2.05, 4.69) is 16.7 Å². The van der Waals surface area contributed by atoms with Gasteiger partial charge in [-0.1, -0.05) is 6.07 Å². The maximum atomic E-state index is 8.94. The monoisotopic (exact) mass is 187 g/mol. The molecule has 72 valence electrons. The minimum absolute atomic E-state index is 0.477. The first-order chi connectivity index (χ1) is 6.79. The molecule has 3 nitrogen and oxygen atoms in total. The van der Waals surface area contributed by atoms with Crippen LogP contribution in [0.4, 0.5) is 5.69 Å². The van der Waals surface area contributed by atoms with Crippen LogP contribution in [0.5, 0.6) is 0 Å². The Bertz CT molecular complexity index is 375. The molecule has 0 bridgehead atoms. The number of benzene rings is 1. The third-order valence-electron chi connectivity index (χ3n) is 2.44. The van der Waals surface area contributed by atoms with Crippen LogP contribution in [0.15, 0.2) is 18.2 Å². The fraction of sp³-hybridized carbons (Fsp3) is 0.364. The second-order valence-corrected chi connectivity index (χ2v) is 3.66. The minimum atomic E-state index is 0.477. The first-order valence-corrected chi connectivity index (χ1v) is 4.77. The predicted octanol–water partition coefficient (Wildman–Crippen LogP) is 1.25. The molecule has 2 rings (SSSR count). The van der Waals surface area contributed by atoms with Crippen LogP contribution < -0.4 is 10.6 Å². The van der Waals surface area contributed by atoms with Crippen molar-refractivity contribution in [3.63, 3.8) is 0 Å². The number of hydrogen-bond acceptors (Lipinski definition) is 3. The first kappa shape index (κ1) is 9.04. The van der Waals surface area contributed by atoms with Gasteiger partial charge in [0.15, 0.2) is 0 Å². The number of rotatable bonds is 2. The number of anilines is 1. The average Bonchev–Trinajstić information content (AvgIpc) is 2.13. The van der Waals surface area contributed by atoms with Crippen LogP contribution in [0.1, 0.15) is 11.1 Å². The van der Waals surface area contributed by atoms with Gasteiger partial charge in [0.05, 0.1) is 17.3 Å². The number of aryl methyl sites for hydroxylation is 1. The van der Waals surface area contributed by atoms with Crippen molar-refractivity contribution in [3.05, 3.63) is 29.3 Å². The Morgan fingerprint density at radius 2 is 2.29 bits per heavy atom. The van der Waals surface area contributed by atoms with Gasteiger partial charge in [-0.05, 0) is 24.6 Å². The maximum absolute atomic E-state index is 8.94. The van der Waals surface area contributed by atoms with Crippen molar-refractivity contribution in [2.24, 2.45) is 0 Å². The van der Waals surface area contributed by atoms with Crippen molar-refractivity contribution in [2.75, 3.05) is 18.4 Å². The van der Waals surface area contributed by atoms with Crippen molar-refractivity contribution in [1.82, 2.24) is 5.32 Å². The summed E-state index contributed by atoms with van der Waals surface area (Å²) in [4.78, 5) is 0. The Labute approximate surface area is 83.7 Å². The van der Waals surface area contributed by atoms with Crippen LogP contribution in [-0.4, -0.2) is 19.1 Å². The summed E-state index contributed by atoms with van der Waals surface area (Å²) in [5.74, 6) is 0. The van der Waals surface area contributed by atoms with E-state index < -0.39 is 0 Å². The second-order valence-electron chi connectivity index (χ2n) is 3.66. The summed E-state index contributed by atoms with van der Waals surface area (Å²) in [5, 5.41) is 15.5. The van der Waals surface area contributed by atoms with Gasteiger partial charge in [-0.25, -0.2) is 0 Å². The summed E-state index contributed by atoms with van der Waals surface area (Å²) in [5.41, 5.74) is 2.81. The molecule has 1 heterocycles.